The molecule has 0 aliphatic rings. The van der Waals surface area contributed by atoms with Gasteiger partial charge in [-0.2, -0.15) is 0 Å². The molecule has 1 aromatic heterocycles. The number of halogens is 3. The van der Waals surface area contributed by atoms with E-state index in [-0.39, 0.29) is 0 Å². The molecular weight excluding hydrogens is 341 g/mol. The number of rotatable bonds is 3. The van der Waals surface area contributed by atoms with Gasteiger partial charge in [-0.05, 0) is 46.3 Å². The van der Waals surface area contributed by atoms with Crippen molar-refractivity contribution < 1.29 is 0 Å². The third-order valence-corrected chi connectivity index (χ3v) is 4.29. The monoisotopic (exact) mass is 347 g/mol. The summed E-state index contributed by atoms with van der Waals surface area (Å²) in [6, 6.07) is 9.42. The van der Waals surface area contributed by atoms with Crippen molar-refractivity contribution >= 4 is 50.9 Å². The number of thioether (sulfide) groups is 1. The molecule has 88 valence electrons. The summed E-state index contributed by atoms with van der Waals surface area (Å²) >= 11 is 17.0. The van der Waals surface area contributed by atoms with Gasteiger partial charge in [0.2, 0.25) is 0 Å². The molecule has 0 amide bonds. The minimum atomic E-state index is 0.695. The fourth-order valence-electron chi connectivity index (χ4n) is 1.23. The van der Waals surface area contributed by atoms with Crippen LogP contribution in [0.5, 0.6) is 0 Å². The molecule has 0 spiro atoms. The van der Waals surface area contributed by atoms with Crippen LogP contribution in [0, 0.1) is 0 Å². The lowest BCUT2D eigenvalue weighted by Gasteiger charge is -2.04. The first-order valence-electron chi connectivity index (χ1n) is 4.83. The maximum absolute atomic E-state index is 6.08. The summed E-state index contributed by atoms with van der Waals surface area (Å²) in [6.45, 7) is 0. The summed E-state index contributed by atoms with van der Waals surface area (Å²) in [4.78, 5) is 5.28. The largest absolute Gasteiger partial charge is 0.259 e. The van der Waals surface area contributed by atoms with Crippen LogP contribution in [0.3, 0.4) is 0 Å². The number of hydrogen-bond acceptors (Lipinski definition) is 2. The highest BCUT2D eigenvalue weighted by molar-refractivity contribution is 9.10. The first-order valence-corrected chi connectivity index (χ1v) is 7.37. The van der Waals surface area contributed by atoms with E-state index >= 15 is 0 Å². The molecule has 0 bridgehead atoms. The SMILES string of the molecule is Clc1ccc(Cl)c(SCc2ccc(Br)cn2)c1. The van der Waals surface area contributed by atoms with Crippen molar-refractivity contribution in [1.29, 1.82) is 0 Å². The molecule has 5 heteroatoms. The summed E-state index contributed by atoms with van der Waals surface area (Å²) in [6.07, 6.45) is 1.79. The maximum atomic E-state index is 6.08. The molecule has 0 aliphatic carbocycles. The van der Waals surface area contributed by atoms with Gasteiger partial charge >= 0.3 is 0 Å². The lowest BCUT2D eigenvalue weighted by Crippen LogP contribution is -1.86. The van der Waals surface area contributed by atoms with Gasteiger partial charge in [0.15, 0.2) is 0 Å². The van der Waals surface area contributed by atoms with Crippen LogP contribution < -0.4 is 0 Å². The molecule has 0 atom stereocenters. The van der Waals surface area contributed by atoms with Crippen LogP contribution in [0.25, 0.3) is 0 Å². The lowest BCUT2D eigenvalue weighted by molar-refractivity contribution is 1.16. The van der Waals surface area contributed by atoms with Gasteiger partial charge in [0.1, 0.15) is 0 Å². The number of nitrogens with zero attached hydrogens (tertiary/aromatic N) is 1. The Bertz CT molecular complexity index is 516. The van der Waals surface area contributed by atoms with E-state index in [1.807, 2.05) is 18.2 Å². The van der Waals surface area contributed by atoms with Gasteiger partial charge in [0, 0.05) is 26.3 Å². The van der Waals surface area contributed by atoms with Crippen molar-refractivity contribution in [2.45, 2.75) is 10.6 Å². The van der Waals surface area contributed by atoms with E-state index in [1.165, 1.54) is 0 Å². The topological polar surface area (TPSA) is 12.9 Å². The highest BCUT2D eigenvalue weighted by atomic mass is 79.9. The number of aromatic nitrogens is 1. The van der Waals surface area contributed by atoms with Crippen LogP contribution in [0.1, 0.15) is 5.69 Å². The van der Waals surface area contributed by atoms with Crippen LogP contribution in [0.15, 0.2) is 45.9 Å². The maximum Gasteiger partial charge on any atom is 0.0543 e. The number of pyridine rings is 1. The molecule has 2 rings (SSSR count). The van der Waals surface area contributed by atoms with Gasteiger partial charge in [-0.15, -0.1) is 11.8 Å². The third-order valence-electron chi connectivity index (χ3n) is 2.06. The second-order valence-electron chi connectivity index (χ2n) is 3.33. The molecule has 0 fully saturated rings. The predicted molar refractivity (Wildman–Crippen MR) is 78.0 cm³/mol. The standard InChI is InChI=1S/C12H8BrCl2NS/c13-8-1-3-10(16-6-8)7-17-12-5-9(14)2-4-11(12)15/h1-6H,7H2. The Kier molecular flexibility index (Phi) is 4.74. The van der Waals surface area contributed by atoms with E-state index in [9.17, 15) is 0 Å². The predicted octanol–water partition coefficient (Wildman–Crippen LogP) is 5.44. The van der Waals surface area contributed by atoms with E-state index in [1.54, 1.807) is 30.1 Å². The molecule has 1 aromatic carbocycles. The van der Waals surface area contributed by atoms with Gasteiger partial charge in [0.25, 0.3) is 0 Å². The van der Waals surface area contributed by atoms with Gasteiger partial charge in [0.05, 0.1) is 10.7 Å². The molecule has 1 heterocycles. The Balaban J connectivity index is 2.07. The average molecular weight is 349 g/mol. The molecule has 0 radical (unpaired) electrons. The minimum Gasteiger partial charge on any atom is -0.259 e. The second kappa shape index (κ2) is 6.10. The molecule has 0 saturated carbocycles. The van der Waals surface area contributed by atoms with Gasteiger partial charge < -0.3 is 0 Å². The van der Waals surface area contributed by atoms with Crippen molar-refractivity contribution in [3.63, 3.8) is 0 Å². The Morgan fingerprint density at radius 2 is 2.00 bits per heavy atom. The molecule has 17 heavy (non-hydrogen) atoms. The minimum absolute atomic E-state index is 0.695. The average Bonchev–Trinajstić information content (AvgIpc) is 2.32. The summed E-state index contributed by atoms with van der Waals surface area (Å²) in [7, 11) is 0. The van der Waals surface area contributed by atoms with E-state index in [0.29, 0.717) is 5.02 Å². The van der Waals surface area contributed by atoms with E-state index in [0.717, 1.165) is 25.8 Å². The summed E-state index contributed by atoms with van der Waals surface area (Å²) in [5.74, 6) is 0.771. The highest BCUT2D eigenvalue weighted by Gasteiger charge is 2.03. The number of benzene rings is 1. The van der Waals surface area contributed by atoms with E-state index in [4.69, 9.17) is 23.2 Å². The van der Waals surface area contributed by atoms with E-state index in [2.05, 4.69) is 20.9 Å². The van der Waals surface area contributed by atoms with Crippen LogP contribution >= 0.6 is 50.9 Å². The van der Waals surface area contributed by atoms with Crippen molar-refractivity contribution in [1.82, 2.24) is 4.98 Å². The van der Waals surface area contributed by atoms with E-state index < -0.39 is 0 Å². The molecule has 0 aliphatic heterocycles. The fourth-order valence-corrected chi connectivity index (χ4v) is 2.87. The Labute approximate surface area is 123 Å². The van der Waals surface area contributed by atoms with Gasteiger partial charge in [-0.1, -0.05) is 23.2 Å². The highest BCUT2D eigenvalue weighted by Crippen LogP contribution is 2.31. The Morgan fingerprint density at radius 1 is 1.18 bits per heavy atom. The van der Waals surface area contributed by atoms with Crippen LogP contribution in [0.2, 0.25) is 10.0 Å². The molecule has 0 N–H and O–H groups in total. The summed E-state index contributed by atoms with van der Waals surface area (Å²) < 4.78 is 0.979. The first-order chi connectivity index (χ1) is 8.15. The lowest BCUT2D eigenvalue weighted by atomic mass is 10.4. The van der Waals surface area contributed by atoms with Crippen molar-refractivity contribution in [2.75, 3.05) is 0 Å². The van der Waals surface area contributed by atoms with Crippen molar-refractivity contribution in [2.24, 2.45) is 0 Å². The molecule has 0 saturated heterocycles. The van der Waals surface area contributed by atoms with Crippen molar-refractivity contribution in [3.8, 4) is 0 Å². The molecule has 0 unspecified atom stereocenters. The summed E-state index contributed by atoms with van der Waals surface area (Å²) in [5, 5.41) is 1.41. The smallest absolute Gasteiger partial charge is 0.0543 e. The van der Waals surface area contributed by atoms with Crippen LogP contribution in [0.4, 0.5) is 0 Å². The zero-order valence-electron chi connectivity index (χ0n) is 8.66. The van der Waals surface area contributed by atoms with Gasteiger partial charge in [-0.3, -0.25) is 4.98 Å². The second-order valence-corrected chi connectivity index (χ2v) is 6.11. The molecule has 2 aromatic rings. The Hall–Kier alpha value is -0.220. The third kappa shape index (κ3) is 3.88. The Morgan fingerprint density at radius 3 is 2.71 bits per heavy atom. The van der Waals surface area contributed by atoms with Crippen LogP contribution in [-0.2, 0) is 5.75 Å². The van der Waals surface area contributed by atoms with Crippen molar-refractivity contribution in [3.05, 3.63) is 56.7 Å². The number of hydrogen-bond donors (Lipinski definition) is 0. The van der Waals surface area contributed by atoms with Crippen LogP contribution in [-0.4, -0.2) is 4.98 Å². The molecule has 1 nitrogen and oxygen atoms in total. The first kappa shape index (κ1) is 13.2. The quantitative estimate of drug-likeness (QED) is 0.684. The zero-order chi connectivity index (χ0) is 12.3. The zero-order valence-corrected chi connectivity index (χ0v) is 12.6. The normalized spacial score (nSPS) is 10.5. The van der Waals surface area contributed by atoms with Gasteiger partial charge in [-0.25, -0.2) is 0 Å². The fraction of sp³-hybridized carbons (Fsp3) is 0.0833. The summed E-state index contributed by atoms with van der Waals surface area (Å²) in [5.41, 5.74) is 1.01. The molecular formula is C12H8BrCl2NS.